The summed E-state index contributed by atoms with van der Waals surface area (Å²) in [6.07, 6.45) is 4.85. The fraction of sp³-hybridized carbons (Fsp3) is 0.462. The van der Waals surface area contributed by atoms with Crippen LogP contribution in [0.4, 0.5) is 4.39 Å². The lowest BCUT2D eigenvalue weighted by molar-refractivity contribution is 0.0927. The lowest BCUT2D eigenvalue weighted by Gasteiger charge is -2.23. The average molecular weight is 354 g/mol. The van der Waals surface area contributed by atoms with Crippen LogP contribution in [-0.4, -0.2) is 20.4 Å². The van der Waals surface area contributed by atoms with Crippen molar-refractivity contribution in [1.82, 2.24) is 5.32 Å². The standard InChI is InChI=1S/C13H14Cl2FNO3S/c14-12-10(6-9(7-11(12)16)21(15,19)20)13(18)17-8-4-2-1-3-5-8/h6-8H,1-5H2,(H,17,18). The van der Waals surface area contributed by atoms with Gasteiger partial charge in [0.2, 0.25) is 0 Å². The van der Waals surface area contributed by atoms with Gasteiger partial charge in [-0.05, 0) is 25.0 Å². The van der Waals surface area contributed by atoms with Crippen molar-refractivity contribution < 1.29 is 17.6 Å². The molecule has 0 heterocycles. The van der Waals surface area contributed by atoms with Crippen LogP contribution in [-0.2, 0) is 9.05 Å². The number of hydrogen-bond acceptors (Lipinski definition) is 3. The second-order valence-corrected chi connectivity index (χ2v) is 7.96. The molecule has 0 radical (unpaired) electrons. The molecule has 0 aromatic heterocycles. The van der Waals surface area contributed by atoms with Gasteiger partial charge < -0.3 is 5.32 Å². The van der Waals surface area contributed by atoms with Gasteiger partial charge >= 0.3 is 0 Å². The van der Waals surface area contributed by atoms with E-state index in [-0.39, 0.29) is 11.6 Å². The van der Waals surface area contributed by atoms with Crippen molar-refractivity contribution in [2.45, 2.75) is 43.0 Å². The summed E-state index contributed by atoms with van der Waals surface area (Å²) >= 11 is 5.75. The number of hydrogen-bond donors (Lipinski definition) is 1. The van der Waals surface area contributed by atoms with Crippen molar-refractivity contribution in [3.63, 3.8) is 0 Å². The second kappa shape index (κ2) is 6.50. The molecule has 1 saturated carbocycles. The first-order valence-electron chi connectivity index (χ1n) is 6.53. The van der Waals surface area contributed by atoms with Crippen molar-refractivity contribution in [1.29, 1.82) is 0 Å². The predicted molar refractivity (Wildman–Crippen MR) is 78.8 cm³/mol. The third-order valence-corrected chi connectivity index (χ3v) is 5.19. The number of carbonyl (C=O) groups excluding carboxylic acids is 1. The Kier molecular flexibility index (Phi) is 5.11. The monoisotopic (exact) mass is 353 g/mol. The van der Waals surface area contributed by atoms with Gasteiger partial charge in [0.05, 0.1) is 15.5 Å². The van der Waals surface area contributed by atoms with E-state index in [2.05, 4.69) is 5.32 Å². The molecule has 1 N–H and O–H groups in total. The lowest BCUT2D eigenvalue weighted by Crippen LogP contribution is -2.36. The SMILES string of the molecule is O=C(NC1CCCCC1)c1cc(S(=O)(=O)Cl)cc(F)c1Cl. The molecule has 0 unspecified atom stereocenters. The molecule has 2 rings (SSSR count). The molecule has 1 aliphatic rings. The van der Waals surface area contributed by atoms with Gasteiger partial charge in [0.15, 0.2) is 0 Å². The Morgan fingerprint density at radius 3 is 2.43 bits per heavy atom. The molecule has 8 heteroatoms. The first-order chi connectivity index (χ1) is 9.79. The lowest BCUT2D eigenvalue weighted by atomic mass is 9.95. The summed E-state index contributed by atoms with van der Waals surface area (Å²) in [7, 11) is 1.04. The molecule has 1 aromatic rings. The zero-order valence-electron chi connectivity index (χ0n) is 11.0. The highest BCUT2D eigenvalue weighted by atomic mass is 35.7. The minimum absolute atomic E-state index is 0.00152. The van der Waals surface area contributed by atoms with Crippen LogP contribution in [0.25, 0.3) is 0 Å². The van der Waals surface area contributed by atoms with Crippen molar-refractivity contribution in [3.05, 3.63) is 28.5 Å². The van der Waals surface area contributed by atoms with Gasteiger partial charge in [-0.3, -0.25) is 4.79 Å². The van der Waals surface area contributed by atoms with Crippen LogP contribution >= 0.6 is 22.3 Å². The van der Waals surface area contributed by atoms with Crippen molar-refractivity contribution in [2.24, 2.45) is 0 Å². The third-order valence-electron chi connectivity index (χ3n) is 3.47. The molecule has 1 amide bonds. The fourth-order valence-corrected chi connectivity index (χ4v) is 3.35. The zero-order valence-corrected chi connectivity index (χ0v) is 13.4. The molecule has 1 fully saturated rings. The van der Waals surface area contributed by atoms with Crippen LogP contribution in [0.2, 0.25) is 5.02 Å². The highest BCUT2D eigenvalue weighted by Crippen LogP contribution is 2.27. The van der Waals surface area contributed by atoms with Crippen molar-refractivity contribution >= 4 is 37.2 Å². The predicted octanol–water partition coefficient (Wildman–Crippen LogP) is 3.47. The summed E-state index contributed by atoms with van der Waals surface area (Å²) in [6.45, 7) is 0. The summed E-state index contributed by atoms with van der Waals surface area (Å²) in [5.74, 6) is -1.58. The molecule has 4 nitrogen and oxygen atoms in total. The van der Waals surface area contributed by atoms with Crippen molar-refractivity contribution in [3.8, 4) is 0 Å². The smallest absolute Gasteiger partial charge is 0.261 e. The van der Waals surface area contributed by atoms with E-state index in [0.717, 1.165) is 38.2 Å². The maximum Gasteiger partial charge on any atom is 0.261 e. The second-order valence-electron chi connectivity index (χ2n) is 5.01. The van der Waals surface area contributed by atoms with Crippen LogP contribution in [0, 0.1) is 5.82 Å². The Morgan fingerprint density at radius 1 is 1.24 bits per heavy atom. The summed E-state index contributed by atoms with van der Waals surface area (Å²) in [6, 6.07) is 1.69. The van der Waals surface area contributed by atoms with Crippen LogP contribution < -0.4 is 5.32 Å². The Bertz CT molecular complexity index is 658. The van der Waals surface area contributed by atoms with Crippen LogP contribution in [0.5, 0.6) is 0 Å². The van der Waals surface area contributed by atoms with Gasteiger partial charge in [-0.25, -0.2) is 12.8 Å². The number of nitrogens with one attached hydrogen (secondary N) is 1. The molecular weight excluding hydrogens is 340 g/mol. The van der Waals surface area contributed by atoms with Crippen LogP contribution in [0.1, 0.15) is 42.5 Å². The zero-order chi connectivity index (χ0) is 15.6. The summed E-state index contributed by atoms with van der Waals surface area (Å²) < 4.78 is 36.2. The molecule has 0 bridgehead atoms. The van der Waals surface area contributed by atoms with E-state index in [1.807, 2.05) is 0 Å². The molecule has 116 valence electrons. The highest BCUT2D eigenvalue weighted by molar-refractivity contribution is 8.13. The van der Waals surface area contributed by atoms with E-state index >= 15 is 0 Å². The van der Waals surface area contributed by atoms with Gasteiger partial charge in [-0.15, -0.1) is 0 Å². The molecule has 21 heavy (non-hydrogen) atoms. The summed E-state index contributed by atoms with van der Waals surface area (Å²) in [5.41, 5.74) is -0.221. The van der Waals surface area contributed by atoms with Gasteiger partial charge in [0.25, 0.3) is 15.0 Å². The maximum absolute atomic E-state index is 13.7. The minimum atomic E-state index is -4.14. The van der Waals surface area contributed by atoms with Gasteiger partial charge in [0, 0.05) is 16.7 Å². The van der Waals surface area contributed by atoms with Gasteiger partial charge in [0.1, 0.15) is 5.82 Å². The Hall–Kier alpha value is -0.850. The Labute approximate surface area is 132 Å². The molecule has 1 aromatic carbocycles. The van der Waals surface area contributed by atoms with E-state index in [1.54, 1.807) is 0 Å². The maximum atomic E-state index is 13.7. The molecule has 0 aliphatic heterocycles. The average Bonchev–Trinajstić information content (AvgIpc) is 2.41. The number of amides is 1. The fourth-order valence-electron chi connectivity index (χ4n) is 2.38. The molecule has 0 atom stereocenters. The largest absolute Gasteiger partial charge is 0.349 e. The Balaban J connectivity index is 2.29. The number of rotatable bonds is 3. The molecule has 1 aliphatic carbocycles. The van der Waals surface area contributed by atoms with E-state index in [4.69, 9.17) is 22.3 Å². The topological polar surface area (TPSA) is 63.2 Å². The first kappa shape index (κ1) is 16.5. The third kappa shape index (κ3) is 4.08. The quantitative estimate of drug-likeness (QED) is 0.846. The number of benzene rings is 1. The molecule has 0 spiro atoms. The van der Waals surface area contributed by atoms with E-state index in [0.29, 0.717) is 6.07 Å². The van der Waals surface area contributed by atoms with Gasteiger partial charge in [-0.1, -0.05) is 30.9 Å². The number of halogens is 3. The van der Waals surface area contributed by atoms with Crippen LogP contribution in [0.15, 0.2) is 17.0 Å². The van der Waals surface area contributed by atoms with Crippen LogP contribution in [0.3, 0.4) is 0 Å². The molecule has 0 saturated heterocycles. The van der Waals surface area contributed by atoms with Crippen molar-refractivity contribution in [2.75, 3.05) is 0 Å². The van der Waals surface area contributed by atoms with E-state index in [9.17, 15) is 17.6 Å². The summed E-state index contributed by atoms with van der Waals surface area (Å²) in [5, 5.41) is 2.34. The first-order valence-corrected chi connectivity index (χ1v) is 9.22. The van der Waals surface area contributed by atoms with E-state index < -0.39 is 30.7 Å². The summed E-state index contributed by atoms with van der Waals surface area (Å²) in [4.78, 5) is 11.7. The highest BCUT2D eigenvalue weighted by Gasteiger charge is 2.23. The van der Waals surface area contributed by atoms with Gasteiger partial charge in [-0.2, -0.15) is 0 Å². The Morgan fingerprint density at radius 2 is 1.86 bits per heavy atom. The van der Waals surface area contributed by atoms with E-state index in [1.165, 1.54) is 0 Å². The minimum Gasteiger partial charge on any atom is -0.349 e. The number of carbonyl (C=O) groups is 1. The molecular formula is C13H14Cl2FNO3S. The normalized spacial score (nSPS) is 16.7.